The maximum atomic E-state index is 10.4. The Balaban J connectivity index is 2.60. The third kappa shape index (κ3) is 4.34. The Labute approximate surface area is 96.1 Å². The average Bonchev–Trinajstić information content (AvgIpc) is 2.26. The van der Waals surface area contributed by atoms with Crippen molar-refractivity contribution in [2.45, 2.75) is 26.7 Å². The summed E-state index contributed by atoms with van der Waals surface area (Å²) in [5.41, 5.74) is 1.19. The van der Waals surface area contributed by atoms with Crippen LogP contribution in [-0.4, -0.2) is 17.7 Å². The number of ether oxygens (including phenoxy) is 1. The van der Waals surface area contributed by atoms with Crippen LogP contribution in [0.25, 0.3) is 0 Å². The highest BCUT2D eigenvalue weighted by molar-refractivity contribution is 5.68. The lowest BCUT2D eigenvalue weighted by Crippen LogP contribution is -2.09. The SMILES string of the molecule is CCC(C)Cc1cccc(OCC(=O)O)c1. The molecule has 0 saturated carbocycles. The average molecular weight is 222 g/mol. The number of carbonyl (C=O) groups is 1. The molecule has 0 fully saturated rings. The Kier molecular flexibility index (Phi) is 4.83. The van der Waals surface area contributed by atoms with Crippen molar-refractivity contribution in [3.63, 3.8) is 0 Å². The summed E-state index contributed by atoms with van der Waals surface area (Å²) in [4.78, 5) is 10.4. The second-order valence-electron chi connectivity index (χ2n) is 4.05. The van der Waals surface area contributed by atoms with Crippen LogP contribution in [0, 0.1) is 5.92 Å². The molecule has 0 heterocycles. The maximum absolute atomic E-state index is 10.4. The Morgan fingerprint density at radius 3 is 2.88 bits per heavy atom. The third-order valence-electron chi connectivity index (χ3n) is 2.54. The molecule has 16 heavy (non-hydrogen) atoms. The molecule has 88 valence electrons. The van der Waals surface area contributed by atoms with Gasteiger partial charge in [0.05, 0.1) is 0 Å². The molecule has 0 aliphatic carbocycles. The summed E-state index contributed by atoms with van der Waals surface area (Å²) in [5.74, 6) is 0.310. The zero-order chi connectivity index (χ0) is 12.0. The van der Waals surface area contributed by atoms with Gasteiger partial charge >= 0.3 is 5.97 Å². The Hall–Kier alpha value is -1.51. The number of rotatable bonds is 6. The van der Waals surface area contributed by atoms with E-state index in [0.717, 1.165) is 12.8 Å². The molecule has 1 rings (SSSR count). The monoisotopic (exact) mass is 222 g/mol. The van der Waals surface area contributed by atoms with Crippen molar-refractivity contribution in [3.05, 3.63) is 29.8 Å². The summed E-state index contributed by atoms with van der Waals surface area (Å²) in [7, 11) is 0. The van der Waals surface area contributed by atoms with Gasteiger partial charge in [-0.05, 0) is 30.0 Å². The minimum atomic E-state index is -0.952. The van der Waals surface area contributed by atoms with Crippen LogP contribution in [0.2, 0.25) is 0 Å². The second-order valence-corrected chi connectivity index (χ2v) is 4.05. The first-order valence-electron chi connectivity index (χ1n) is 5.55. The largest absolute Gasteiger partial charge is 0.482 e. The van der Waals surface area contributed by atoms with Crippen LogP contribution in [-0.2, 0) is 11.2 Å². The van der Waals surface area contributed by atoms with Crippen LogP contribution in [0.1, 0.15) is 25.8 Å². The molecule has 1 unspecified atom stereocenters. The van der Waals surface area contributed by atoms with Crippen molar-refractivity contribution in [1.29, 1.82) is 0 Å². The first-order valence-corrected chi connectivity index (χ1v) is 5.55. The predicted molar refractivity (Wildman–Crippen MR) is 62.7 cm³/mol. The maximum Gasteiger partial charge on any atom is 0.341 e. The summed E-state index contributed by atoms with van der Waals surface area (Å²) in [6.45, 7) is 4.08. The topological polar surface area (TPSA) is 46.5 Å². The lowest BCUT2D eigenvalue weighted by molar-refractivity contribution is -0.139. The van der Waals surface area contributed by atoms with Gasteiger partial charge in [-0.2, -0.15) is 0 Å². The normalized spacial score (nSPS) is 12.1. The van der Waals surface area contributed by atoms with Crippen LogP contribution in [0.15, 0.2) is 24.3 Å². The summed E-state index contributed by atoms with van der Waals surface area (Å²) >= 11 is 0. The molecule has 3 heteroatoms. The molecule has 0 spiro atoms. The van der Waals surface area contributed by atoms with Crippen LogP contribution >= 0.6 is 0 Å². The van der Waals surface area contributed by atoms with E-state index in [2.05, 4.69) is 13.8 Å². The van der Waals surface area contributed by atoms with Crippen LogP contribution in [0.3, 0.4) is 0 Å². The third-order valence-corrected chi connectivity index (χ3v) is 2.54. The number of carboxylic acid groups (broad SMARTS) is 1. The van der Waals surface area contributed by atoms with E-state index in [1.54, 1.807) is 6.07 Å². The van der Waals surface area contributed by atoms with Crippen molar-refractivity contribution in [1.82, 2.24) is 0 Å². The molecule has 0 radical (unpaired) electrons. The smallest absolute Gasteiger partial charge is 0.341 e. The number of aliphatic carboxylic acids is 1. The van der Waals surface area contributed by atoms with Crippen LogP contribution in [0.4, 0.5) is 0 Å². The zero-order valence-electron chi connectivity index (χ0n) is 9.77. The van der Waals surface area contributed by atoms with Gasteiger partial charge in [0.1, 0.15) is 5.75 Å². The van der Waals surface area contributed by atoms with E-state index in [-0.39, 0.29) is 6.61 Å². The van der Waals surface area contributed by atoms with Crippen LogP contribution in [0.5, 0.6) is 5.75 Å². The summed E-state index contributed by atoms with van der Waals surface area (Å²) in [6, 6.07) is 7.63. The Bertz CT molecular complexity index is 347. The van der Waals surface area contributed by atoms with Gasteiger partial charge in [0, 0.05) is 0 Å². The fourth-order valence-corrected chi connectivity index (χ4v) is 1.45. The van der Waals surface area contributed by atoms with Gasteiger partial charge in [-0.25, -0.2) is 4.79 Å². The van der Waals surface area contributed by atoms with Gasteiger partial charge in [0.15, 0.2) is 6.61 Å². The summed E-state index contributed by atoms with van der Waals surface area (Å²) in [5, 5.41) is 8.50. The number of benzene rings is 1. The molecule has 0 aliphatic rings. The molecular weight excluding hydrogens is 204 g/mol. The molecule has 1 aromatic rings. The summed E-state index contributed by atoms with van der Waals surface area (Å²) < 4.78 is 5.12. The van der Waals surface area contributed by atoms with Gasteiger partial charge in [-0.1, -0.05) is 32.4 Å². The number of hydrogen-bond donors (Lipinski definition) is 1. The van der Waals surface area contributed by atoms with Crippen molar-refractivity contribution < 1.29 is 14.6 Å². The lowest BCUT2D eigenvalue weighted by atomic mass is 9.99. The molecule has 0 aromatic heterocycles. The van der Waals surface area contributed by atoms with Crippen molar-refractivity contribution in [2.75, 3.05) is 6.61 Å². The van der Waals surface area contributed by atoms with E-state index in [1.807, 2.05) is 18.2 Å². The molecular formula is C13H18O3. The second kappa shape index (κ2) is 6.16. The molecule has 1 aromatic carbocycles. The number of carboxylic acids is 1. The van der Waals surface area contributed by atoms with E-state index in [4.69, 9.17) is 9.84 Å². The highest BCUT2D eigenvalue weighted by Gasteiger charge is 2.03. The van der Waals surface area contributed by atoms with E-state index in [0.29, 0.717) is 11.7 Å². The first-order chi connectivity index (χ1) is 7.61. The highest BCUT2D eigenvalue weighted by Crippen LogP contribution is 2.17. The fraction of sp³-hybridized carbons (Fsp3) is 0.462. The van der Waals surface area contributed by atoms with E-state index >= 15 is 0 Å². The Morgan fingerprint density at radius 2 is 2.25 bits per heavy atom. The molecule has 0 aliphatic heterocycles. The van der Waals surface area contributed by atoms with Gasteiger partial charge in [0.2, 0.25) is 0 Å². The van der Waals surface area contributed by atoms with E-state index in [9.17, 15) is 4.79 Å². The minimum absolute atomic E-state index is 0.285. The summed E-state index contributed by atoms with van der Waals surface area (Å²) in [6.07, 6.45) is 2.14. The van der Waals surface area contributed by atoms with E-state index in [1.165, 1.54) is 5.56 Å². The van der Waals surface area contributed by atoms with E-state index < -0.39 is 5.97 Å². The highest BCUT2D eigenvalue weighted by atomic mass is 16.5. The minimum Gasteiger partial charge on any atom is -0.482 e. The van der Waals surface area contributed by atoms with Crippen molar-refractivity contribution in [2.24, 2.45) is 5.92 Å². The fourth-order valence-electron chi connectivity index (χ4n) is 1.45. The van der Waals surface area contributed by atoms with Gasteiger partial charge < -0.3 is 9.84 Å². The number of hydrogen-bond acceptors (Lipinski definition) is 2. The van der Waals surface area contributed by atoms with Gasteiger partial charge in [-0.3, -0.25) is 0 Å². The lowest BCUT2D eigenvalue weighted by Gasteiger charge is -2.10. The molecule has 0 amide bonds. The van der Waals surface area contributed by atoms with Gasteiger partial charge in [0.25, 0.3) is 0 Å². The standard InChI is InChI=1S/C13H18O3/c1-3-10(2)7-11-5-4-6-12(8-11)16-9-13(14)15/h4-6,8,10H,3,7,9H2,1-2H3,(H,14,15). The Morgan fingerprint density at radius 1 is 1.50 bits per heavy atom. The molecule has 0 saturated heterocycles. The van der Waals surface area contributed by atoms with Crippen molar-refractivity contribution >= 4 is 5.97 Å². The molecule has 0 bridgehead atoms. The molecule has 1 N–H and O–H groups in total. The first kappa shape index (κ1) is 12.6. The quantitative estimate of drug-likeness (QED) is 0.805. The molecule has 3 nitrogen and oxygen atoms in total. The van der Waals surface area contributed by atoms with Crippen molar-refractivity contribution in [3.8, 4) is 5.75 Å². The predicted octanol–water partition coefficient (Wildman–Crippen LogP) is 2.74. The zero-order valence-corrected chi connectivity index (χ0v) is 9.77. The molecule has 1 atom stereocenters. The van der Waals surface area contributed by atoms with Crippen LogP contribution < -0.4 is 4.74 Å². The van der Waals surface area contributed by atoms with Gasteiger partial charge in [-0.15, -0.1) is 0 Å².